The van der Waals surface area contributed by atoms with Gasteiger partial charge in [0.2, 0.25) is 11.1 Å². The standard InChI is InChI=1S/C23H24N4O3S/c1-4-30-21(28)19-15(2)24-22-25-23(31-14-16-8-6-5-7-9-16)26-27(22)20(19)17-10-12-18(29-3)13-11-17/h5-13,20H,4,14H2,1-3H3,(H,24,25,26). The molecule has 4 rings (SSSR count). The number of nitrogens with one attached hydrogen (secondary N) is 1. The summed E-state index contributed by atoms with van der Waals surface area (Å²) in [6.07, 6.45) is 0. The van der Waals surface area contributed by atoms with Gasteiger partial charge >= 0.3 is 5.97 Å². The summed E-state index contributed by atoms with van der Waals surface area (Å²) in [4.78, 5) is 17.5. The summed E-state index contributed by atoms with van der Waals surface area (Å²) < 4.78 is 12.4. The molecule has 31 heavy (non-hydrogen) atoms. The number of carbonyl (C=O) groups excluding carboxylic acids is 1. The summed E-state index contributed by atoms with van der Waals surface area (Å²) in [6, 6.07) is 17.3. The zero-order valence-electron chi connectivity index (χ0n) is 17.7. The second kappa shape index (κ2) is 9.26. The number of fused-ring (bicyclic) bond motifs is 1. The first-order valence-corrected chi connectivity index (χ1v) is 11.0. The number of hydrogen-bond acceptors (Lipinski definition) is 7. The molecule has 2 aromatic carbocycles. The average molecular weight is 437 g/mol. The van der Waals surface area contributed by atoms with Crippen LogP contribution in [-0.4, -0.2) is 34.5 Å². The molecule has 0 radical (unpaired) electrons. The van der Waals surface area contributed by atoms with Crippen molar-refractivity contribution in [1.29, 1.82) is 0 Å². The number of esters is 1. The molecule has 1 aromatic heterocycles. The lowest BCUT2D eigenvalue weighted by molar-refractivity contribution is -0.139. The van der Waals surface area contributed by atoms with Gasteiger partial charge in [0.05, 0.1) is 19.3 Å². The van der Waals surface area contributed by atoms with Crippen LogP contribution in [0.4, 0.5) is 5.95 Å². The number of anilines is 1. The van der Waals surface area contributed by atoms with Gasteiger partial charge in [0, 0.05) is 11.4 Å². The molecule has 1 aliphatic rings. The van der Waals surface area contributed by atoms with Crippen molar-refractivity contribution in [2.75, 3.05) is 19.0 Å². The van der Waals surface area contributed by atoms with Crippen LogP contribution >= 0.6 is 11.8 Å². The second-order valence-corrected chi connectivity index (χ2v) is 7.94. The third-order valence-electron chi connectivity index (χ3n) is 4.97. The fourth-order valence-corrected chi connectivity index (χ4v) is 4.27. The fraction of sp³-hybridized carbons (Fsp3) is 0.261. The Morgan fingerprint density at radius 3 is 2.58 bits per heavy atom. The number of aromatic nitrogens is 3. The number of hydrogen-bond donors (Lipinski definition) is 1. The third-order valence-corrected chi connectivity index (χ3v) is 5.88. The summed E-state index contributed by atoms with van der Waals surface area (Å²) >= 11 is 1.55. The number of thioether (sulfide) groups is 1. The number of benzene rings is 2. The Balaban J connectivity index is 1.70. The molecule has 7 nitrogen and oxygen atoms in total. The molecule has 160 valence electrons. The molecule has 0 spiro atoms. The third kappa shape index (κ3) is 4.44. The number of allylic oxidation sites excluding steroid dienone is 1. The lowest BCUT2D eigenvalue weighted by Gasteiger charge is -2.28. The minimum atomic E-state index is -0.445. The van der Waals surface area contributed by atoms with Crippen molar-refractivity contribution in [1.82, 2.24) is 14.8 Å². The van der Waals surface area contributed by atoms with E-state index in [1.165, 1.54) is 5.56 Å². The number of rotatable bonds is 7. The van der Waals surface area contributed by atoms with E-state index in [2.05, 4.69) is 22.4 Å². The van der Waals surface area contributed by atoms with Crippen LogP contribution in [0.3, 0.4) is 0 Å². The summed E-state index contributed by atoms with van der Waals surface area (Å²) in [7, 11) is 1.62. The first-order chi connectivity index (χ1) is 15.1. The number of methoxy groups -OCH3 is 1. The van der Waals surface area contributed by atoms with Crippen LogP contribution in [0.5, 0.6) is 5.75 Å². The van der Waals surface area contributed by atoms with Gasteiger partial charge in [0.25, 0.3) is 0 Å². The van der Waals surface area contributed by atoms with Crippen LogP contribution in [0.2, 0.25) is 0 Å². The van der Waals surface area contributed by atoms with Crippen LogP contribution in [0, 0.1) is 0 Å². The summed E-state index contributed by atoms with van der Waals surface area (Å²) in [6.45, 7) is 3.96. The van der Waals surface area contributed by atoms with E-state index in [1.807, 2.05) is 49.4 Å². The normalized spacial score (nSPS) is 15.3. The quantitative estimate of drug-likeness (QED) is 0.434. The molecule has 1 atom stereocenters. The van der Waals surface area contributed by atoms with Gasteiger partial charge < -0.3 is 14.8 Å². The molecule has 3 aromatic rings. The Morgan fingerprint density at radius 1 is 1.16 bits per heavy atom. The predicted molar refractivity (Wildman–Crippen MR) is 120 cm³/mol. The molecule has 0 fully saturated rings. The molecule has 1 N–H and O–H groups in total. The van der Waals surface area contributed by atoms with Gasteiger partial charge in [-0.3, -0.25) is 0 Å². The van der Waals surface area contributed by atoms with Gasteiger partial charge in [0.1, 0.15) is 11.8 Å². The van der Waals surface area contributed by atoms with Crippen molar-refractivity contribution in [3.05, 3.63) is 77.0 Å². The zero-order chi connectivity index (χ0) is 21.8. The van der Waals surface area contributed by atoms with Crippen LogP contribution in [-0.2, 0) is 15.3 Å². The smallest absolute Gasteiger partial charge is 0.338 e. The summed E-state index contributed by atoms with van der Waals surface area (Å²) in [5.74, 6) is 1.73. The predicted octanol–water partition coefficient (Wildman–Crippen LogP) is 4.43. The summed E-state index contributed by atoms with van der Waals surface area (Å²) in [5, 5.41) is 8.59. The molecule has 0 amide bonds. The maximum atomic E-state index is 12.8. The topological polar surface area (TPSA) is 78.3 Å². The maximum Gasteiger partial charge on any atom is 0.338 e. The molecule has 0 bridgehead atoms. The lowest BCUT2D eigenvalue weighted by Crippen LogP contribution is -2.29. The molecule has 8 heteroatoms. The van der Waals surface area contributed by atoms with E-state index in [4.69, 9.17) is 14.6 Å². The van der Waals surface area contributed by atoms with Crippen LogP contribution in [0.1, 0.15) is 31.0 Å². The van der Waals surface area contributed by atoms with Crippen LogP contribution in [0.25, 0.3) is 0 Å². The molecule has 0 aliphatic carbocycles. The van der Waals surface area contributed by atoms with Crippen molar-refractivity contribution in [3.63, 3.8) is 0 Å². The van der Waals surface area contributed by atoms with Crippen molar-refractivity contribution in [2.24, 2.45) is 0 Å². The first kappa shape index (κ1) is 21.0. The van der Waals surface area contributed by atoms with E-state index in [0.29, 0.717) is 29.0 Å². The van der Waals surface area contributed by atoms with Gasteiger partial charge in [-0.15, -0.1) is 5.10 Å². The van der Waals surface area contributed by atoms with Crippen molar-refractivity contribution < 1.29 is 14.3 Å². The summed E-state index contributed by atoms with van der Waals surface area (Å²) in [5.41, 5.74) is 3.32. The molecular weight excluding hydrogens is 412 g/mol. The maximum absolute atomic E-state index is 12.8. The lowest BCUT2D eigenvalue weighted by atomic mass is 9.96. The van der Waals surface area contributed by atoms with E-state index >= 15 is 0 Å². The van der Waals surface area contributed by atoms with Gasteiger partial charge in [0.15, 0.2) is 0 Å². The Labute approximate surface area is 185 Å². The molecule has 0 saturated carbocycles. The molecule has 1 unspecified atom stereocenters. The second-order valence-electron chi connectivity index (χ2n) is 7.00. The highest BCUT2D eigenvalue weighted by atomic mass is 32.2. The highest BCUT2D eigenvalue weighted by Gasteiger charge is 2.35. The Bertz CT molecular complexity index is 1090. The molecule has 2 heterocycles. The highest BCUT2D eigenvalue weighted by Crippen LogP contribution is 2.37. The Morgan fingerprint density at radius 2 is 1.90 bits per heavy atom. The Hall–Kier alpha value is -3.26. The minimum Gasteiger partial charge on any atom is -0.497 e. The van der Waals surface area contributed by atoms with E-state index in [-0.39, 0.29) is 5.97 Å². The molecular formula is C23H24N4O3S. The van der Waals surface area contributed by atoms with Gasteiger partial charge in [-0.25, -0.2) is 9.48 Å². The van der Waals surface area contributed by atoms with Crippen molar-refractivity contribution in [3.8, 4) is 5.75 Å². The van der Waals surface area contributed by atoms with E-state index in [0.717, 1.165) is 17.1 Å². The SMILES string of the molecule is CCOC(=O)C1=C(C)Nc2nc(SCc3ccccc3)nn2C1c1ccc(OC)cc1. The monoisotopic (exact) mass is 436 g/mol. The highest BCUT2D eigenvalue weighted by molar-refractivity contribution is 7.98. The Kier molecular flexibility index (Phi) is 6.27. The van der Waals surface area contributed by atoms with Gasteiger partial charge in [-0.1, -0.05) is 54.2 Å². The van der Waals surface area contributed by atoms with Crippen molar-refractivity contribution in [2.45, 2.75) is 30.8 Å². The molecule has 0 saturated heterocycles. The van der Waals surface area contributed by atoms with Crippen LogP contribution in [0.15, 0.2) is 71.0 Å². The fourth-order valence-electron chi connectivity index (χ4n) is 3.48. The minimum absolute atomic E-state index is 0.299. The zero-order valence-corrected chi connectivity index (χ0v) is 18.5. The van der Waals surface area contributed by atoms with Gasteiger partial charge in [-0.05, 0) is 37.1 Å². The van der Waals surface area contributed by atoms with E-state index in [1.54, 1.807) is 30.5 Å². The number of ether oxygens (including phenoxy) is 2. The largest absolute Gasteiger partial charge is 0.497 e. The number of carbonyl (C=O) groups is 1. The number of nitrogens with zero attached hydrogens (tertiary/aromatic N) is 3. The van der Waals surface area contributed by atoms with E-state index < -0.39 is 6.04 Å². The first-order valence-electron chi connectivity index (χ1n) is 10.0. The van der Waals surface area contributed by atoms with Crippen molar-refractivity contribution >= 4 is 23.7 Å². The van der Waals surface area contributed by atoms with Crippen LogP contribution < -0.4 is 10.1 Å². The van der Waals surface area contributed by atoms with Gasteiger partial charge in [-0.2, -0.15) is 4.98 Å². The average Bonchev–Trinajstić information content (AvgIpc) is 3.20. The molecule has 1 aliphatic heterocycles. The van der Waals surface area contributed by atoms with E-state index in [9.17, 15) is 4.79 Å².